The molecule has 27 heavy (non-hydrogen) atoms. The monoisotopic (exact) mass is 386 g/mol. The van der Waals surface area contributed by atoms with Gasteiger partial charge in [0.1, 0.15) is 5.75 Å². The molecular formula is C22H27ClN2O2. The van der Waals surface area contributed by atoms with Crippen LogP contribution in [0.5, 0.6) is 5.75 Å². The number of nitrogens with one attached hydrogen (secondary N) is 1. The number of anilines is 1. The molecule has 0 bridgehead atoms. The third-order valence-electron chi connectivity index (χ3n) is 4.75. The van der Waals surface area contributed by atoms with Crippen LogP contribution in [0, 0.1) is 5.92 Å². The summed E-state index contributed by atoms with van der Waals surface area (Å²) in [4.78, 5) is 15.0. The summed E-state index contributed by atoms with van der Waals surface area (Å²) in [7, 11) is 0. The summed E-state index contributed by atoms with van der Waals surface area (Å²) in [5.41, 5.74) is 2.05. The number of halogens is 1. The third-order valence-corrected chi connectivity index (χ3v) is 5.00. The van der Waals surface area contributed by atoms with E-state index in [0.717, 1.165) is 48.9 Å². The van der Waals surface area contributed by atoms with E-state index in [9.17, 15) is 4.79 Å². The van der Waals surface area contributed by atoms with Gasteiger partial charge in [0.2, 0.25) is 5.91 Å². The van der Waals surface area contributed by atoms with Crippen LogP contribution in [0.1, 0.15) is 32.3 Å². The summed E-state index contributed by atoms with van der Waals surface area (Å²) in [5, 5.41) is 3.81. The Morgan fingerprint density at radius 3 is 2.56 bits per heavy atom. The molecule has 1 heterocycles. The Bertz CT molecular complexity index is 753. The molecular weight excluding hydrogens is 360 g/mol. The summed E-state index contributed by atoms with van der Waals surface area (Å²) in [6, 6.07) is 15.6. The molecule has 0 radical (unpaired) electrons. The first kappa shape index (κ1) is 19.7. The molecule has 4 nitrogen and oxygen atoms in total. The number of rotatable bonds is 6. The zero-order valence-corrected chi connectivity index (χ0v) is 16.7. The molecule has 1 aliphatic heterocycles. The Morgan fingerprint density at radius 2 is 1.89 bits per heavy atom. The lowest BCUT2D eigenvalue weighted by molar-refractivity contribution is -0.121. The minimum Gasteiger partial charge on any atom is -0.491 e. The number of ether oxygens (including phenoxy) is 1. The van der Waals surface area contributed by atoms with Crippen molar-refractivity contribution in [3.63, 3.8) is 0 Å². The molecule has 0 saturated carbocycles. The molecule has 5 heteroatoms. The highest BCUT2D eigenvalue weighted by atomic mass is 35.5. The van der Waals surface area contributed by atoms with Gasteiger partial charge in [-0.05, 0) is 69.6 Å². The van der Waals surface area contributed by atoms with E-state index in [4.69, 9.17) is 16.3 Å². The fraction of sp³-hybridized carbons (Fsp3) is 0.409. The molecule has 1 amide bonds. The van der Waals surface area contributed by atoms with Crippen LogP contribution in [0.25, 0.3) is 0 Å². The number of carbonyl (C=O) groups is 1. The maximum atomic E-state index is 12.6. The van der Waals surface area contributed by atoms with Gasteiger partial charge in [0.05, 0.1) is 6.10 Å². The van der Waals surface area contributed by atoms with Crippen LogP contribution in [-0.2, 0) is 11.3 Å². The van der Waals surface area contributed by atoms with Gasteiger partial charge in [0, 0.05) is 29.2 Å². The van der Waals surface area contributed by atoms with Crippen LogP contribution in [0.15, 0.2) is 48.5 Å². The zero-order chi connectivity index (χ0) is 19.2. The van der Waals surface area contributed by atoms with E-state index in [1.54, 1.807) is 0 Å². The van der Waals surface area contributed by atoms with E-state index in [0.29, 0.717) is 0 Å². The van der Waals surface area contributed by atoms with Gasteiger partial charge in [-0.3, -0.25) is 9.69 Å². The van der Waals surface area contributed by atoms with Crippen LogP contribution in [0.3, 0.4) is 0 Å². The van der Waals surface area contributed by atoms with Crippen LogP contribution < -0.4 is 10.1 Å². The molecule has 1 aliphatic rings. The predicted molar refractivity (Wildman–Crippen MR) is 110 cm³/mol. The number of hydrogen-bond acceptors (Lipinski definition) is 3. The van der Waals surface area contributed by atoms with E-state index < -0.39 is 0 Å². The van der Waals surface area contributed by atoms with E-state index in [2.05, 4.69) is 22.3 Å². The molecule has 0 atom stereocenters. The first-order chi connectivity index (χ1) is 13.0. The largest absolute Gasteiger partial charge is 0.491 e. The maximum absolute atomic E-state index is 12.6. The fourth-order valence-electron chi connectivity index (χ4n) is 3.36. The fourth-order valence-corrected chi connectivity index (χ4v) is 3.49. The highest BCUT2D eigenvalue weighted by Gasteiger charge is 2.25. The van der Waals surface area contributed by atoms with Gasteiger partial charge < -0.3 is 10.1 Å². The lowest BCUT2D eigenvalue weighted by Crippen LogP contribution is -2.37. The maximum Gasteiger partial charge on any atom is 0.227 e. The summed E-state index contributed by atoms with van der Waals surface area (Å²) in [6.07, 6.45) is 1.87. The average Bonchev–Trinajstić information content (AvgIpc) is 2.64. The average molecular weight is 387 g/mol. The van der Waals surface area contributed by atoms with E-state index >= 15 is 0 Å². The lowest BCUT2D eigenvalue weighted by atomic mass is 9.95. The Kier molecular flexibility index (Phi) is 6.75. The minimum atomic E-state index is 0.0566. The van der Waals surface area contributed by atoms with Gasteiger partial charge in [-0.2, -0.15) is 0 Å². The van der Waals surface area contributed by atoms with Crippen molar-refractivity contribution >= 4 is 23.2 Å². The molecule has 0 aromatic heterocycles. The second kappa shape index (κ2) is 9.25. The van der Waals surface area contributed by atoms with Crippen molar-refractivity contribution in [2.24, 2.45) is 5.92 Å². The second-order valence-corrected chi connectivity index (χ2v) is 7.80. The number of nitrogens with zero attached hydrogens (tertiary/aromatic N) is 1. The third kappa shape index (κ3) is 5.98. The van der Waals surface area contributed by atoms with Crippen LogP contribution in [0.4, 0.5) is 5.69 Å². The van der Waals surface area contributed by atoms with Gasteiger partial charge in [0.25, 0.3) is 0 Å². The number of hydrogen-bond donors (Lipinski definition) is 1. The molecule has 1 N–H and O–H groups in total. The summed E-state index contributed by atoms with van der Waals surface area (Å²) >= 11 is 5.94. The smallest absolute Gasteiger partial charge is 0.227 e. The minimum absolute atomic E-state index is 0.0566. The van der Waals surface area contributed by atoms with Crippen molar-refractivity contribution in [1.82, 2.24) is 4.90 Å². The normalized spacial score (nSPS) is 15.7. The Morgan fingerprint density at radius 1 is 1.19 bits per heavy atom. The second-order valence-electron chi connectivity index (χ2n) is 7.36. The Balaban J connectivity index is 1.49. The molecule has 2 aromatic rings. The molecule has 144 valence electrons. The summed E-state index contributed by atoms with van der Waals surface area (Å²) < 4.78 is 5.69. The standard InChI is InChI=1S/C22H27ClN2O2/c1-16(2)27-21-5-3-4-20(14-21)24-22(26)18-10-12-25(13-11-18)15-17-6-8-19(23)9-7-17/h3-9,14,16,18H,10-13,15H2,1-2H3,(H,24,26). The van der Waals surface area contributed by atoms with Crippen molar-refractivity contribution in [2.45, 2.75) is 39.3 Å². The number of likely N-dealkylation sites (tertiary alicyclic amines) is 1. The number of carbonyl (C=O) groups excluding carboxylic acids is 1. The molecule has 0 unspecified atom stereocenters. The van der Waals surface area contributed by atoms with Crippen molar-refractivity contribution in [2.75, 3.05) is 18.4 Å². The van der Waals surface area contributed by atoms with E-state index in [1.165, 1.54) is 5.56 Å². The van der Waals surface area contributed by atoms with Gasteiger partial charge >= 0.3 is 0 Å². The first-order valence-electron chi connectivity index (χ1n) is 9.54. The van der Waals surface area contributed by atoms with E-state index in [1.807, 2.05) is 50.2 Å². The Labute approximate surface area is 166 Å². The molecule has 0 aliphatic carbocycles. The van der Waals surface area contributed by atoms with Gasteiger partial charge in [-0.1, -0.05) is 29.8 Å². The van der Waals surface area contributed by atoms with Crippen molar-refractivity contribution < 1.29 is 9.53 Å². The van der Waals surface area contributed by atoms with E-state index in [-0.39, 0.29) is 17.9 Å². The van der Waals surface area contributed by atoms with Gasteiger partial charge in [0.15, 0.2) is 0 Å². The lowest BCUT2D eigenvalue weighted by Gasteiger charge is -2.31. The predicted octanol–water partition coefficient (Wildman–Crippen LogP) is 4.98. The number of amides is 1. The number of piperidine rings is 1. The topological polar surface area (TPSA) is 41.6 Å². The summed E-state index contributed by atoms with van der Waals surface area (Å²) in [6.45, 7) is 6.74. The highest BCUT2D eigenvalue weighted by molar-refractivity contribution is 6.30. The van der Waals surface area contributed by atoms with Crippen LogP contribution in [-0.4, -0.2) is 30.0 Å². The molecule has 1 fully saturated rings. The molecule has 2 aromatic carbocycles. The zero-order valence-electron chi connectivity index (χ0n) is 16.0. The van der Waals surface area contributed by atoms with Crippen LogP contribution in [0.2, 0.25) is 5.02 Å². The summed E-state index contributed by atoms with van der Waals surface area (Å²) in [5.74, 6) is 0.935. The Hall–Kier alpha value is -2.04. The van der Waals surface area contributed by atoms with Crippen molar-refractivity contribution in [1.29, 1.82) is 0 Å². The van der Waals surface area contributed by atoms with Crippen LogP contribution >= 0.6 is 11.6 Å². The SMILES string of the molecule is CC(C)Oc1cccc(NC(=O)C2CCN(Cc3ccc(Cl)cc3)CC2)c1. The van der Waals surface area contributed by atoms with Gasteiger partial charge in [-0.15, -0.1) is 0 Å². The first-order valence-corrected chi connectivity index (χ1v) is 9.92. The van der Waals surface area contributed by atoms with Gasteiger partial charge in [-0.25, -0.2) is 0 Å². The van der Waals surface area contributed by atoms with Crippen molar-refractivity contribution in [3.8, 4) is 5.75 Å². The highest BCUT2D eigenvalue weighted by Crippen LogP contribution is 2.23. The van der Waals surface area contributed by atoms with Crippen molar-refractivity contribution in [3.05, 3.63) is 59.1 Å². The molecule has 0 spiro atoms. The quantitative estimate of drug-likeness (QED) is 0.761. The number of benzene rings is 2. The molecule has 3 rings (SSSR count). The molecule has 1 saturated heterocycles.